The van der Waals surface area contributed by atoms with Crippen LogP contribution in [0.2, 0.25) is 0 Å². The van der Waals surface area contributed by atoms with Gasteiger partial charge in [-0.15, -0.1) is 0 Å². The molecule has 4 heteroatoms. The summed E-state index contributed by atoms with van der Waals surface area (Å²) >= 11 is 3.09. The molecule has 0 rings (SSSR count). The van der Waals surface area contributed by atoms with E-state index in [0.717, 1.165) is 0 Å². The first-order chi connectivity index (χ1) is 1.41. The fraction of sp³-hybridized carbons (Fsp3) is 0. The molecule has 0 aromatic carbocycles. The predicted molar refractivity (Wildman–Crippen MR) is 15.7 cm³/mol. The molecule has 0 bridgehead atoms. The summed E-state index contributed by atoms with van der Waals surface area (Å²) in [6.07, 6.45) is 0. The monoisotopic (exact) mass is 296 g/mol. The molecule has 5 heavy (non-hydrogen) atoms. The van der Waals surface area contributed by atoms with Crippen molar-refractivity contribution in [1.29, 1.82) is 5.26 Å². The van der Waals surface area contributed by atoms with Gasteiger partial charge in [-0.25, -0.2) is 0 Å². The van der Waals surface area contributed by atoms with Gasteiger partial charge in [0.15, 0.2) is 0 Å². The van der Waals surface area contributed by atoms with Crippen molar-refractivity contribution in [1.82, 2.24) is 0 Å². The van der Waals surface area contributed by atoms with Crippen molar-refractivity contribution in [2.24, 2.45) is 0 Å². The van der Waals surface area contributed by atoms with Gasteiger partial charge in [0.2, 0.25) is 0 Å². The van der Waals surface area contributed by atoms with Crippen molar-refractivity contribution >= 4 is 12.6 Å². The molecule has 0 unspecified atom stereocenters. The molecule has 0 heterocycles. The zero-order valence-corrected chi connectivity index (χ0v) is 8.88. The van der Waals surface area contributed by atoms with Crippen molar-refractivity contribution in [3.63, 3.8) is 0 Å². The standard InChI is InChI=1S/CHNS.Au.K.H/c2-1-3;;;/h3H;;;/q;;+1;-1. The Labute approximate surface area is 96.3 Å². The Kier molecular flexibility index (Phi) is 51.3. The fourth-order valence-electron chi connectivity index (χ4n) is 0. The second-order valence-corrected chi connectivity index (χ2v) is 0.300. The van der Waals surface area contributed by atoms with Crippen LogP contribution in [0.5, 0.6) is 0 Å². The van der Waals surface area contributed by atoms with Gasteiger partial charge in [-0.1, -0.05) is 12.6 Å². The van der Waals surface area contributed by atoms with Crippen LogP contribution in [-0.4, -0.2) is 0 Å². The first-order valence-electron chi connectivity index (χ1n) is 0.447. The van der Waals surface area contributed by atoms with E-state index in [4.69, 9.17) is 5.26 Å². The molecule has 0 spiro atoms. The summed E-state index contributed by atoms with van der Waals surface area (Å²) in [4.78, 5) is 0. The van der Waals surface area contributed by atoms with Crippen molar-refractivity contribution in [3.05, 3.63) is 0 Å². The molecule has 1 nitrogen and oxygen atoms in total. The molecule has 0 aromatic rings. The molecule has 0 fully saturated rings. The molecule has 0 aromatic heterocycles. The second kappa shape index (κ2) is 16.4. The third-order valence-electron chi connectivity index (χ3n) is 0. The van der Waals surface area contributed by atoms with Gasteiger partial charge in [0.25, 0.3) is 0 Å². The number of rotatable bonds is 0. The Balaban J connectivity index is -0.00000000667. The maximum atomic E-state index is 7.18. The SMILES string of the molecule is N#CS.[Au].[H-].[K+]. The normalized spacial score (nSPS) is 1.60. The molecule has 0 aliphatic heterocycles. The van der Waals surface area contributed by atoms with Crippen LogP contribution >= 0.6 is 12.6 Å². The van der Waals surface area contributed by atoms with Crippen LogP contribution in [-0.2, 0) is 22.4 Å². The first kappa shape index (κ1) is 15.7. The average molecular weight is 296 g/mol. The first-order valence-corrected chi connectivity index (χ1v) is 0.894. The molecular weight excluding hydrogens is 294 g/mol. The van der Waals surface area contributed by atoms with Gasteiger partial charge >= 0.3 is 51.4 Å². The zero-order valence-electron chi connectivity index (χ0n) is 3.70. The van der Waals surface area contributed by atoms with Gasteiger partial charge in [0.1, 0.15) is 5.40 Å². The van der Waals surface area contributed by atoms with Crippen molar-refractivity contribution in [2.45, 2.75) is 0 Å². The quantitative estimate of drug-likeness (QED) is 0.298. The van der Waals surface area contributed by atoms with E-state index >= 15 is 0 Å². The third kappa shape index (κ3) is 22.5. The number of hydrogen-bond acceptors (Lipinski definition) is 2. The smallest absolute Gasteiger partial charge is 1.00 e. The molecule has 0 saturated carbocycles. The topological polar surface area (TPSA) is 23.8 Å². The molecular formula is CH2AuKNS. The van der Waals surface area contributed by atoms with E-state index in [1.807, 2.05) is 0 Å². The minimum Gasteiger partial charge on any atom is -1.00 e. The Morgan fingerprint density at radius 2 is 1.80 bits per heavy atom. The minimum absolute atomic E-state index is 0. The number of thiol groups is 1. The maximum Gasteiger partial charge on any atom is 1.00 e. The van der Waals surface area contributed by atoms with E-state index in [1.54, 1.807) is 0 Å². The van der Waals surface area contributed by atoms with Crippen LogP contribution in [0.3, 0.4) is 0 Å². The van der Waals surface area contributed by atoms with Gasteiger partial charge in [0, 0.05) is 22.4 Å². The minimum atomic E-state index is 0. The van der Waals surface area contributed by atoms with Crippen molar-refractivity contribution < 1.29 is 75.2 Å². The summed E-state index contributed by atoms with van der Waals surface area (Å²) in [5.41, 5.74) is 0. The molecule has 0 saturated heterocycles. The largest absolute Gasteiger partial charge is 1.00 e. The van der Waals surface area contributed by atoms with E-state index in [2.05, 4.69) is 12.6 Å². The Morgan fingerprint density at radius 1 is 1.80 bits per heavy atom. The van der Waals surface area contributed by atoms with E-state index in [-0.39, 0.29) is 75.2 Å². The van der Waals surface area contributed by atoms with Gasteiger partial charge in [-0.3, -0.25) is 0 Å². The van der Waals surface area contributed by atoms with E-state index in [0.29, 0.717) is 0 Å². The number of nitrogens with zero attached hydrogens (tertiary/aromatic N) is 1. The van der Waals surface area contributed by atoms with Crippen LogP contribution in [0.1, 0.15) is 1.43 Å². The summed E-state index contributed by atoms with van der Waals surface area (Å²) in [5.74, 6) is 0. The number of hydrogen-bond donors (Lipinski definition) is 1. The van der Waals surface area contributed by atoms with Crippen LogP contribution in [0.15, 0.2) is 0 Å². The van der Waals surface area contributed by atoms with Crippen LogP contribution < -0.4 is 51.4 Å². The van der Waals surface area contributed by atoms with Crippen LogP contribution in [0, 0.1) is 10.7 Å². The molecule has 1 radical (unpaired) electrons. The molecule has 0 atom stereocenters. The molecule has 0 aliphatic carbocycles. The second-order valence-electron chi connectivity index (χ2n) is 0.100. The summed E-state index contributed by atoms with van der Waals surface area (Å²) in [6, 6.07) is 0. The van der Waals surface area contributed by atoms with E-state index < -0.39 is 0 Å². The van der Waals surface area contributed by atoms with Crippen LogP contribution in [0.25, 0.3) is 0 Å². The zero-order chi connectivity index (χ0) is 2.71. The maximum absolute atomic E-state index is 7.18. The van der Waals surface area contributed by atoms with Crippen molar-refractivity contribution in [3.8, 4) is 5.40 Å². The number of thiocyanates is 1. The molecule has 0 aliphatic rings. The summed E-state index contributed by atoms with van der Waals surface area (Å²) in [5, 5.41) is 8.63. The Hall–Kier alpha value is 2.22. The fourth-order valence-corrected chi connectivity index (χ4v) is 0. The molecule has 0 N–H and O–H groups in total. The van der Waals surface area contributed by atoms with Gasteiger partial charge in [-0.2, -0.15) is 5.26 Å². The number of nitriles is 1. The van der Waals surface area contributed by atoms with Gasteiger partial charge in [0.05, 0.1) is 0 Å². The predicted octanol–water partition coefficient (Wildman–Crippen LogP) is -2.49. The van der Waals surface area contributed by atoms with Gasteiger partial charge in [-0.05, 0) is 0 Å². The summed E-state index contributed by atoms with van der Waals surface area (Å²) in [7, 11) is 0. The van der Waals surface area contributed by atoms with Crippen molar-refractivity contribution in [2.75, 3.05) is 0 Å². The van der Waals surface area contributed by atoms with Crippen LogP contribution in [0.4, 0.5) is 0 Å². The van der Waals surface area contributed by atoms with E-state index in [9.17, 15) is 0 Å². The summed E-state index contributed by atoms with van der Waals surface area (Å²) in [6.45, 7) is 0. The average Bonchev–Trinajstić information content (AvgIpc) is 0.918. The molecule has 29 valence electrons. The summed E-state index contributed by atoms with van der Waals surface area (Å²) < 4.78 is 0. The van der Waals surface area contributed by atoms with E-state index in [1.165, 1.54) is 5.40 Å². The Bertz CT molecular complexity index is 37.0. The molecule has 0 amide bonds. The van der Waals surface area contributed by atoms with Gasteiger partial charge < -0.3 is 1.43 Å². The third-order valence-corrected chi connectivity index (χ3v) is 0. The Morgan fingerprint density at radius 3 is 1.80 bits per heavy atom.